The van der Waals surface area contributed by atoms with Crippen molar-refractivity contribution in [3.8, 4) is 17.2 Å². The molecular weight excluding hydrogens is 436 g/mol. The van der Waals surface area contributed by atoms with Gasteiger partial charge in [-0.1, -0.05) is 36.4 Å². The van der Waals surface area contributed by atoms with Crippen LogP contribution < -0.4 is 25.9 Å². The summed E-state index contributed by atoms with van der Waals surface area (Å²) in [4.78, 5) is 38.6. The third kappa shape index (κ3) is 4.44. The van der Waals surface area contributed by atoms with Gasteiger partial charge in [0.25, 0.3) is 17.4 Å². The van der Waals surface area contributed by atoms with Crippen molar-refractivity contribution >= 4 is 22.6 Å². The van der Waals surface area contributed by atoms with Gasteiger partial charge in [-0.15, -0.1) is 0 Å². The summed E-state index contributed by atoms with van der Waals surface area (Å²) >= 11 is 0. The summed E-state index contributed by atoms with van der Waals surface area (Å²) in [6.45, 7) is 2.29. The molecule has 34 heavy (non-hydrogen) atoms. The maximum absolute atomic E-state index is 13.0. The van der Waals surface area contributed by atoms with Gasteiger partial charge in [0.2, 0.25) is 0 Å². The first-order valence-electron chi connectivity index (χ1n) is 10.5. The largest absolute Gasteiger partial charge is 0.493 e. The molecule has 0 fully saturated rings. The maximum Gasteiger partial charge on any atom is 0.290 e. The van der Waals surface area contributed by atoms with E-state index in [2.05, 4.69) is 16.0 Å². The van der Waals surface area contributed by atoms with E-state index in [9.17, 15) is 14.4 Å². The van der Waals surface area contributed by atoms with Crippen molar-refractivity contribution in [2.45, 2.75) is 6.92 Å². The second-order valence-electron chi connectivity index (χ2n) is 7.15. The van der Waals surface area contributed by atoms with E-state index in [1.165, 1.54) is 13.2 Å². The van der Waals surface area contributed by atoms with E-state index in [1.54, 1.807) is 60.7 Å². The van der Waals surface area contributed by atoms with Crippen molar-refractivity contribution in [3.63, 3.8) is 0 Å². The Bertz CT molecular complexity index is 1420. The molecule has 9 nitrogen and oxygen atoms in total. The zero-order chi connectivity index (χ0) is 24.1. The van der Waals surface area contributed by atoms with Crippen molar-refractivity contribution < 1.29 is 19.1 Å². The Morgan fingerprint density at radius 1 is 0.882 bits per heavy atom. The van der Waals surface area contributed by atoms with Gasteiger partial charge < -0.3 is 9.47 Å². The number of ether oxygens (including phenoxy) is 2. The molecule has 172 valence electrons. The van der Waals surface area contributed by atoms with E-state index in [4.69, 9.17) is 9.47 Å². The van der Waals surface area contributed by atoms with E-state index < -0.39 is 11.8 Å². The fraction of sp³-hybridized carbons (Fsp3) is 0.120. The highest BCUT2D eigenvalue weighted by Crippen LogP contribution is 2.28. The van der Waals surface area contributed by atoms with Crippen LogP contribution >= 0.6 is 0 Å². The lowest BCUT2D eigenvalue weighted by atomic mass is 10.1. The number of nitrogens with zero attached hydrogens (tertiary/aromatic N) is 2. The summed E-state index contributed by atoms with van der Waals surface area (Å²) in [5.41, 5.74) is 5.15. The standard InChI is InChI=1S/C25H22N4O5/c1-3-34-20-14-13-16(15-21(20)33-2)23(30)26-27-24(31)22-18-11-7-8-12-19(18)25(32)29(28-22)17-9-5-4-6-10-17/h4-15H,3H2,1-2H3,(H,26,30)(H,27,31). The first-order chi connectivity index (χ1) is 16.5. The van der Waals surface area contributed by atoms with Gasteiger partial charge in [-0.3, -0.25) is 25.2 Å². The van der Waals surface area contributed by atoms with E-state index in [-0.39, 0.29) is 16.8 Å². The van der Waals surface area contributed by atoms with Gasteiger partial charge >= 0.3 is 0 Å². The molecule has 4 rings (SSSR count). The zero-order valence-corrected chi connectivity index (χ0v) is 18.6. The molecule has 2 N–H and O–H groups in total. The Labute approximate surface area is 194 Å². The summed E-state index contributed by atoms with van der Waals surface area (Å²) < 4.78 is 11.9. The number of amides is 2. The smallest absolute Gasteiger partial charge is 0.290 e. The number of para-hydroxylation sites is 1. The molecule has 0 spiro atoms. The van der Waals surface area contributed by atoms with E-state index in [0.29, 0.717) is 34.6 Å². The van der Waals surface area contributed by atoms with Crippen LogP contribution in [0.1, 0.15) is 27.8 Å². The second kappa shape index (κ2) is 9.86. The minimum Gasteiger partial charge on any atom is -0.493 e. The van der Waals surface area contributed by atoms with E-state index in [0.717, 1.165) is 4.68 Å². The molecule has 0 unspecified atom stereocenters. The fourth-order valence-electron chi connectivity index (χ4n) is 3.43. The van der Waals surface area contributed by atoms with Crippen LogP contribution in [0.4, 0.5) is 0 Å². The second-order valence-corrected chi connectivity index (χ2v) is 7.15. The van der Waals surface area contributed by atoms with Gasteiger partial charge in [-0.25, -0.2) is 0 Å². The molecule has 0 saturated heterocycles. The number of aromatic nitrogens is 2. The summed E-state index contributed by atoms with van der Waals surface area (Å²) in [5.74, 6) is -0.338. The number of hydrogen-bond donors (Lipinski definition) is 2. The van der Waals surface area contributed by atoms with Crippen LogP contribution in [-0.4, -0.2) is 35.3 Å². The number of hydrogen-bond acceptors (Lipinski definition) is 6. The first kappa shape index (κ1) is 22.5. The monoisotopic (exact) mass is 458 g/mol. The average Bonchev–Trinajstić information content (AvgIpc) is 2.88. The first-order valence-corrected chi connectivity index (χ1v) is 10.5. The molecule has 0 aliphatic heterocycles. The molecule has 0 bridgehead atoms. The highest BCUT2D eigenvalue weighted by molar-refractivity contribution is 6.06. The van der Waals surface area contributed by atoms with Crippen LogP contribution in [0, 0.1) is 0 Å². The number of fused-ring (bicyclic) bond motifs is 1. The Morgan fingerprint density at radius 2 is 1.56 bits per heavy atom. The van der Waals surface area contributed by atoms with E-state index >= 15 is 0 Å². The molecule has 0 aliphatic rings. The minimum absolute atomic E-state index is 0.0105. The highest BCUT2D eigenvalue weighted by atomic mass is 16.5. The fourth-order valence-corrected chi connectivity index (χ4v) is 3.43. The summed E-state index contributed by atoms with van der Waals surface area (Å²) in [5, 5.41) is 4.98. The van der Waals surface area contributed by atoms with Gasteiger partial charge in [0.15, 0.2) is 17.2 Å². The number of methoxy groups -OCH3 is 1. The Kier molecular flexibility index (Phi) is 6.54. The molecule has 1 heterocycles. The zero-order valence-electron chi connectivity index (χ0n) is 18.6. The molecule has 0 saturated carbocycles. The summed E-state index contributed by atoms with van der Waals surface area (Å²) in [6.07, 6.45) is 0. The number of carbonyl (C=O) groups excluding carboxylic acids is 2. The molecule has 0 radical (unpaired) electrons. The van der Waals surface area contributed by atoms with Crippen molar-refractivity contribution in [2.24, 2.45) is 0 Å². The number of benzene rings is 3. The predicted molar refractivity (Wildman–Crippen MR) is 126 cm³/mol. The molecular formula is C25H22N4O5. The Hall–Kier alpha value is -4.66. The molecule has 3 aromatic carbocycles. The van der Waals surface area contributed by atoms with Crippen LogP contribution in [-0.2, 0) is 0 Å². The molecule has 2 amide bonds. The minimum atomic E-state index is -0.674. The number of rotatable bonds is 6. The normalized spacial score (nSPS) is 10.5. The lowest BCUT2D eigenvalue weighted by Crippen LogP contribution is -2.42. The number of nitrogens with one attached hydrogen (secondary N) is 2. The van der Waals surface area contributed by atoms with Crippen LogP contribution in [0.5, 0.6) is 11.5 Å². The molecule has 1 aromatic heterocycles. The topological polar surface area (TPSA) is 112 Å². The van der Waals surface area contributed by atoms with Crippen LogP contribution in [0.3, 0.4) is 0 Å². The lowest BCUT2D eigenvalue weighted by molar-refractivity contribution is 0.0844. The summed E-state index contributed by atoms with van der Waals surface area (Å²) in [6, 6.07) is 20.1. The lowest BCUT2D eigenvalue weighted by Gasteiger charge is -2.13. The van der Waals surface area contributed by atoms with Crippen LogP contribution in [0.2, 0.25) is 0 Å². The molecule has 0 atom stereocenters. The van der Waals surface area contributed by atoms with Gasteiger partial charge in [0.05, 0.1) is 24.8 Å². The summed E-state index contributed by atoms with van der Waals surface area (Å²) in [7, 11) is 1.47. The van der Waals surface area contributed by atoms with Crippen molar-refractivity contribution in [1.29, 1.82) is 0 Å². The van der Waals surface area contributed by atoms with Gasteiger partial charge in [0, 0.05) is 10.9 Å². The van der Waals surface area contributed by atoms with Crippen molar-refractivity contribution in [3.05, 3.63) is 94.4 Å². The predicted octanol–water partition coefficient (Wildman–Crippen LogP) is 2.87. The van der Waals surface area contributed by atoms with E-state index in [1.807, 2.05) is 13.0 Å². The Morgan fingerprint density at radius 3 is 2.26 bits per heavy atom. The third-order valence-electron chi connectivity index (χ3n) is 5.04. The molecule has 9 heteroatoms. The third-order valence-corrected chi connectivity index (χ3v) is 5.04. The molecule has 0 aliphatic carbocycles. The molecule has 4 aromatic rings. The van der Waals surface area contributed by atoms with Crippen LogP contribution in [0.25, 0.3) is 16.5 Å². The van der Waals surface area contributed by atoms with Gasteiger partial charge in [-0.05, 0) is 43.3 Å². The van der Waals surface area contributed by atoms with Crippen LogP contribution in [0.15, 0.2) is 77.6 Å². The van der Waals surface area contributed by atoms with Gasteiger partial charge in [-0.2, -0.15) is 9.78 Å². The van der Waals surface area contributed by atoms with Gasteiger partial charge in [0.1, 0.15) is 0 Å². The number of hydrazine groups is 1. The number of carbonyl (C=O) groups is 2. The highest BCUT2D eigenvalue weighted by Gasteiger charge is 2.19. The Balaban J connectivity index is 1.62. The average molecular weight is 458 g/mol. The SMILES string of the molecule is CCOc1ccc(C(=O)NNC(=O)c2nn(-c3ccccc3)c(=O)c3ccccc23)cc1OC. The maximum atomic E-state index is 13.0. The van der Waals surface area contributed by atoms with Crippen molar-refractivity contribution in [2.75, 3.05) is 13.7 Å². The quantitative estimate of drug-likeness (QED) is 0.430. The van der Waals surface area contributed by atoms with Crippen molar-refractivity contribution in [1.82, 2.24) is 20.6 Å².